The molecule has 1 aromatic carbocycles. The van der Waals surface area contributed by atoms with Gasteiger partial charge in [0.15, 0.2) is 0 Å². The van der Waals surface area contributed by atoms with Gasteiger partial charge in [-0.2, -0.15) is 0 Å². The Kier molecular flexibility index (Phi) is 17.0. The molecule has 0 bridgehead atoms. The summed E-state index contributed by atoms with van der Waals surface area (Å²) in [5.41, 5.74) is 0. The zero-order valence-electron chi connectivity index (χ0n) is 14.7. The van der Waals surface area contributed by atoms with E-state index in [-0.39, 0.29) is 0 Å². The first-order valence-corrected chi connectivity index (χ1v) is 35.0. The zero-order chi connectivity index (χ0) is 20.1. The monoisotopic (exact) mass is 792 g/mol. The third kappa shape index (κ3) is 9.92. The maximum atomic E-state index is 3.96. The summed E-state index contributed by atoms with van der Waals surface area (Å²) in [4.78, 5) is 0. The molecule has 1 aromatic rings. The van der Waals surface area contributed by atoms with Crippen LogP contribution in [0.1, 0.15) is 0 Å². The Morgan fingerprint density at radius 2 is 0.630 bits per heavy atom. The number of rotatable bonds is 15. The first kappa shape index (κ1) is 27.2. The van der Waals surface area contributed by atoms with Gasteiger partial charge in [0.05, 0.1) is 0 Å². The van der Waals surface area contributed by atoms with Crippen molar-refractivity contribution in [2.24, 2.45) is 0 Å². The molecule has 0 N–H and O–H groups in total. The molecule has 0 heterocycles. The van der Waals surface area contributed by atoms with Crippen molar-refractivity contribution in [2.75, 3.05) is 0 Å². The van der Waals surface area contributed by atoms with Crippen LogP contribution in [0, 0.1) is 0 Å². The number of benzene rings is 1. The van der Waals surface area contributed by atoms with Gasteiger partial charge in [-0.1, -0.05) is 0 Å². The van der Waals surface area contributed by atoms with Crippen molar-refractivity contribution in [2.45, 2.75) is 0 Å². The molecule has 9 heteroatoms. The van der Waals surface area contributed by atoms with Gasteiger partial charge in [-0.05, 0) is 0 Å². The van der Waals surface area contributed by atoms with E-state index in [1.54, 1.807) is 0 Å². The van der Waals surface area contributed by atoms with Gasteiger partial charge in [0.25, 0.3) is 0 Å². The Bertz CT molecular complexity index is 546. The second kappa shape index (κ2) is 16.9. The number of hydrogen-bond donors (Lipinski definition) is 0. The molecule has 0 unspecified atom stereocenters. The molecule has 0 aliphatic heterocycles. The van der Waals surface area contributed by atoms with Gasteiger partial charge >= 0.3 is 206 Å². The SMILES string of the molecule is C=C[S][Sb]([S]C=C)[c]1c[c]([Sb]([S]C=C)[S]C=C)c[c]([Sb]([S]C=C)[S]C=C)c1. The van der Waals surface area contributed by atoms with E-state index in [0.717, 1.165) is 0 Å². The summed E-state index contributed by atoms with van der Waals surface area (Å²) in [6.45, 7) is 23.7. The molecule has 27 heavy (non-hydrogen) atoms. The average molecular weight is 795 g/mol. The summed E-state index contributed by atoms with van der Waals surface area (Å²) in [5.74, 6) is 0. The second-order valence-corrected chi connectivity index (χ2v) is 46.4. The van der Waals surface area contributed by atoms with Gasteiger partial charge in [0.2, 0.25) is 0 Å². The molecular weight excluding hydrogens is 774 g/mol. The molecule has 0 aliphatic rings. The van der Waals surface area contributed by atoms with Crippen LogP contribution in [-0.4, -0.2) is 52.2 Å². The van der Waals surface area contributed by atoms with Crippen LogP contribution < -0.4 is 10.5 Å². The maximum absolute atomic E-state index is 3.96. The van der Waals surface area contributed by atoms with Crippen LogP contribution in [0.5, 0.6) is 0 Å². The van der Waals surface area contributed by atoms with E-state index in [0.29, 0.717) is 0 Å². The molecule has 0 aromatic heterocycles. The fourth-order valence-electron chi connectivity index (χ4n) is 1.74. The van der Waals surface area contributed by atoms with E-state index in [2.05, 4.69) is 57.7 Å². The molecule has 1 rings (SSSR count). The molecule has 0 atom stereocenters. The van der Waals surface area contributed by atoms with E-state index in [1.807, 2.05) is 85.5 Å². The molecule has 0 fully saturated rings. The van der Waals surface area contributed by atoms with E-state index in [9.17, 15) is 0 Å². The molecule has 0 radical (unpaired) electrons. The minimum absolute atomic E-state index is 1.52. The Labute approximate surface area is 202 Å². The van der Waals surface area contributed by atoms with Crippen LogP contribution in [0.2, 0.25) is 0 Å². The van der Waals surface area contributed by atoms with Crippen molar-refractivity contribution < 1.29 is 0 Å². The van der Waals surface area contributed by atoms with Gasteiger partial charge in [-0.3, -0.25) is 0 Å². The van der Waals surface area contributed by atoms with Crippen LogP contribution in [0.25, 0.3) is 0 Å². The third-order valence-electron chi connectivity index (χ3n) is 2.54. The van der Waals surface area contributed by atoms with Gasteiger partial charge in [-0.15, -0.1) is 0 Å². The van der Waals surface area contributed by atoms with E-state index in [4.69, 9.17) is 0 Å². The van der Waals surface area contributed by atoms with Crippen LogP contribution in [0.4, 0.5) is 0 Å². The van der Waals surface area contributed by atoms with Gasteiger partial charge in [0.1, 0.15) is 0 Å². The van der Waals surface area contributed by atoms with Crippen molar-refractivity contribution in [1.29, 1.82) is 0 Å². The molecule has 0 spiro atoms. The standard InChI is InChI=1S/C6H3.6C2H4S.3Sb/c1-2-4-6-5-3-1;6*1-2-3;;;/h1,4-5H;6*2-3H,1H2;;;/q;;;;;;;3*+2/p-6. The predicted octanol–water partition coefficient (Wildman–Crippen LogP) is 6.03. The first-order chi connectivity index (χ1) is 13.1. The molecule has 0 nitrogen and oxygen atoms in total. The van der Waals surface area contributed by atoms with E-state index in [1.165, 1.54) is 10.5 Å². The average Bonchev–Trinajstić information content (AvgIpc) is 2.67. The van der Waals surface area contributed by atoms with Crippen LogP contribution in [0.3, 0.4) is 0 Å². The van der Waals surface area contributed by atoms with Crippen molar-refractivity contribution in [3.05, 3.63) is 90.1 Å². The Balaban J connectivity index is 3.50. The van der Waals surface area contributed by atoms with E-state index < -0.39 is 52.2 Å². The van der Waals surface area contributed by atoms with Crippen molar-refractivity contribution >= 4 is 116 Å². The number of hydrogen-bond acceptors (Lipinski definition) is 6. The predicted molar refractivity (Wildman–Crippen MR) is 149 cm³/mol. The molecular formula is C18H21S6Sb3. The zero-order valence-corrected chi connectivity index (χ0v) is 27.3. The summed E-state index contributed by atoms with van der Waals surface area (Å²) in [6, 6.07) is 7.39. The normalized spacial score (nSPS) is 10.8. The van der Waals surface area contributed by atoms with Crippen LogP contribution >= 0.6 is 53.1 Å². The van der Waals surface area contributed by atoms with Crippen LogP contribution in [-0.2, 0) is 0 Å². The molecule has 144 valence electrons. The van der Waals surface area contributed by atoms with Crippen molar-refractivity contribution in [3.63, 3.8) is 0 Å². The molecule has 0 saturated heterocycles. The summed E-state index contributed by atoms with van der Waals surface area (Å²) in [5, 5.41) is 12.0. The minimum atomic E-state index is -1.80. The Morgan fingerprint density at radius 3 is 0.778 bits per heavy atom. The van der Waals surface area contributed by atoms with E-state index >= 15 is 0 Å². The van der Waals surface area contributed by atoms with Crippen molar-refractivity contribution in [3.8, 4) is 0 Å². The molecule has 0 saturated carbocycles. The third-order valence-corrected chi connectivity index (χ3v) is 46.8. The van der Waals surface area contributed by atoms with Gasteiger partial charge in [0, 0.05) is 0 Å². The molecule has 0 aliphatic carbocycles. The van der Waals surface area contributed by atoms with Gasteiger partial charge < -0.3 is 0 Å². The Hall–Kier alpha value is 2.21. The summed E-state index contributed by atoms with van der Waals surface area (Å²) in [7, 11) is 11.5. The first-order valence-electron chi connectivity index (χ1n) is 7.36. The fraction of sp³-hybridized carbons (Fsp3) is 0. The second-order valence-electron chi connectivity index (χ2n) is 4.11. The van der Waals surface area contributed by atoms with Gasteiger partial charge in [-0.25, -0.2) is 0 Å². The Morgan fingerprint density at radius 1 is 0.444 bits per heavy atom. The summed E-state index contributed by atoms with van der Waals surface area (Å²) >= 11 is -5.39. The fourth-order valence-corrected chi connectivity index (χ4v) is 39.4. The molecule has 0 amide bonds. The summed E-state index contributed by atoms with van der Waals surface area (Å²) < 4.78 is 4.56. The summed E-state index contributed by atoms with van der Waals surface area (Å²) in [6.07, 6.45) is 0. The van der Waals surface area contributed by atoms with Crippen molar-refractivity contribution in [1.82, 2.24) is 0 Å². The quantitative estimate of drug-likeness (QED) is 0.198. The van der Waals surface area contributed by atoms with Crippen LogP contribution in [0.15, 0.2) is 90.1 Å². The topological polar surface area (TPSA) is 0 Å².